The molecule has 0 spiro atoms. The molecule has 1 aromatic carbocycles. The number of halogens is 1. The van der Waals surface area contributed by atoms with Gasteiger partial charge in [-0.05, 0) is 30.5 Å². The van der Waals surface area contributed by atoms with Crippen LogP contribution in [0.25, 0.3) is 0 Å². The number of hydrogen-bond donors (Lipinski definition) is 1. The first-order valence-electron chi connectivity index (χ1n) is 7.08. The Bertz CT molecular complexity index is 552. The summed E-state index contributed by atoms with van der Waals surface area (Å²) in [5, 5.41) is 11.7. The Kier molecular flexibility index (Phi) is 3.81. The zero-order valence-corrected chi connectivity index (χ0v) is 12.1. The topological polar surface area (TPSA) is 38.0 Å². The molecule has 1 aliphatic rings. The van der Waals surface area contributed by atoms with Gasteiger partial charge in [-0.15, -0.1) is 0 Å². The Morgan fingerprint density at radius 1 is 1.35 bits per heavy atom. The summed E-state index contributed by atoms with van der Waals surface area (Å²) in [4.78, 5) is 4.07. The highest BCUT2D eigenvalue weighted by Gasteiger charge is 2.40. The van der Waals surface area contributed by atoms with E-state index in [1.807, 2.05) is 36.8 Å². The van der Waals surface area contributed by atoms with Crippen LogP contribution in [0.4, 0.5) is 0 Å². The molecule has 3 rings (SSSR count). The van der Waals surface area contributed by atoms with Gasteiger partial charge in [-0.3, -0.25) is 0 Å². The average Bonchev–Trinajstić information content (AvgIpc) is 3.04. The molecule has 1 heterocycles. The van der Waals surface area contributed by atoms with E-state index in [1.165, 1.54) is 0 Å². The van der Waals surface area contributed by atoms with Crippen LogP contribution in [0, 0.1) is 5.92 Å². The van der Waals surface area contributed by atoms with Crippen LogP contribution in [0.2, 0.25) is 5.02 Å². The lowest BCUT2D eigenvalue weighted by Crippen LogP contribution is -2.37. The van der Waals surface area contributed by atoms with Gasteiger partial charge >= 0.3 is 0 Å². The fourth-order valence-corrected chi connectivity index (χ4v) is 3.35. The Hall–Kier alpha value is -1.32. The first kappa shape index (κ1) is 13.7. The molecule has 1 aromatic heterocycles. The quantitative estimate of drug-likeness (QED) is 0.938. The molecule has 0 aliphatic heterocycles. The Morgan fingerprint density at radius 3 is 2.85 bits per heavy atom. The lowest BCUT2D eigenvalue weighted by Gasteiger charge is -2.30. The SMILES string of the molecule is O[C@@]1(Cc2ccc(Cl)cc2)CCC[C@H]1Cn1ccnc1. The third-order valence-electron chi connectivity index (χ3n) is 4.34. The lowest BCUT2D eigenvalue weighted by atomic mass is 9.84. The third kappa shape index (κ3) is 2.89. The second-order valence-corrected chi connectivity index (χ2v) is 6.19. The number of nitrogens with zero attached hydrogens (tertiary/aromatic N) is 2. The molecule has 1 saturated carbocycles. The number of aliphatic hydroxyl groups is 1. The summed E-state index contributed by atoms with van der Waals surface area (Å²) in [5.74, 6) is 0.285. The van der Waals surface area contributed by atoms with Gasteiger partial charge in [-0.25, -0.2) is 4.98 Å². The zero-order chi connectivity index (χ0) is 14.0. The fourth-order valence-electron chi connectivity index (χ4n) is 3.23. The minimum atomic E-state index is -0.613. The molecule has 3 nitrogen and oxygen atoms in total. The number of hydrogen-bond acceptors (Lipinski definition) is 2. The summed E-state index contributed by atoms with van der Waals surface area (Å²) in [6.07, 6.45) is 9.29. The van der Waals surface area contributed by atoms with Crippen molar-refractivity contribution in [1.29, 1.82) is 0 Å². The van der Waals surface area contributed by atoms with Crippen LogP contribution in [-0.4, -0.2) is 20.3 Å². The second kappa shape index (κ2) is 5.58. The summed E-state index contributed by atoms with van der Waals surface area (Å²) in [6.45, 7) is 0.837. The Balaban J connectivity index is 1.73. The molecule has 1 N–H and O–H groups in total. The molecule has 2 atom stereocenters. The summed E-state index contributed by atoms with van der Waals surface area (Å²) in [5.41, 5.74) is 0.535. The Morgan fingerprint density at radius 2 is 2.15 bits per heavy atom. The van der Waals surface area contributed by atoms with Gasteiger partial charge in [0.25, 0.3) is 0 Å². The Labute approximate surface area is 124 Å². The van der Waals surface area contributed by atoms with Gasteiger partial charge in [0.05, 0.1) is 11.9 Å². The monoisotopic (exact) mass is 290 g/mol. The van der Waals surface area contributed by atoms with E-state index in [0.29, 0.717) is 6.42 Å². The molecular weight excluding hydrogens is 272 g/mol. The maximum atomic E-state index is 11.0. The first-order valence-corrected chi connectivity index (χ1v) is 7.46. The van der Waals surface area contributed by atoms with E-state index in [-0.39, 0.29) is 5.92 Å². The number of rotatable bonds is 4. The van der Waals surface area contributed by atoms with Crippen molar-refractivity contribution in [2.75, 3.05) is 0 Å². The minimum absolute atomic E-state index is 0.285. The van der Waals surface area contributed by atoms with Crippen LogP contribution in [0.1, 0.15) is 24.8 Å². The molecule has 1 aliphatic carbocycles. The summed E-state index contributed by atoms with van der Waals surface area (Å²) < 4.78 is 2.06. The number of aromatic nitrogens is 2. The fraction of sp³-hybridized carbons (Fsp3) is 0.438. The van der Waals surface area contributed by atoms with Crippen LogP contribution in [0.5, 0.6) is 0 Å². The summed E-state index contributed by atoms with van der Waals surface area (Å²) >= 11 is 5.91. The predicted octanol–water partition coefficient (Wildman–Crippen LogP) is 3.31. The summed E-state index contributed by atoms with van der Waals surface area (Å²) in [7, 11) is 0. The van der Waals surface area contributed by atoms with Gasteiger partial charge in [0.1, 0.15) is 0 Å². The van der Waals surface area contributed by atoms with Crippen LogP contribution in [-0.2, 0) is 13.0 Å². The number of benzene rings is 1. The maximum Gasteiger partial charge on any atom is 0.0946 e. The molecule has 20 heavy (non-hydrogen) atoms. The minimum Gasteiger partial charge on any atom is -0.389 e. The average molecular weight is 291 g/mol. The van der Waals surface area contributed by atoms with E-state index >= 15 is 0 Å². The molecule has 0 unspecified atom stereocenters. The standard InChI is InChI=1S/C16H19ClN2O/c17-15-5-3-13(4-6-15)10-16(20)7-1-2-14(16)11-19-9-8-18-12-19/h3-6,8-9,12,14,20H,1-2,7,10-11H2/t14-,16+/m0/s1. The van der Waals surface area contributed by atoms with Crippen molar-refractivity contribution >= 4 is 11.6 Å². The molecule has 0 amide bonds. The van der Waals surface area contributed by atoms with E-state index < -0.39 is 5.60 Å². The van der Waals surface area contributed by atoms with Crippen molar-refractivity contribution in [3.05, 3.63) is 53.6 Å². The van der Waals surface area contributed by atoms with Crippen molar-refractivity contribution < 1.29 is 5.11 Å². The van der Waals surface area contributed by atoms with Crippen molar-refractivity contribution in [3.63, 3.8) is 0 Å². The molecule has 0 saturated heterocycles. The van der Waals surface area contributed by atoms with Crippen LogP contribution in [0.3, 0.4) is 0 Å². The molecule has 106 valence electrons. The van der Waals surface area contributed by atoms with Crippen molar-refractivity contribution in [3.8, 4) is 0 Å². The summed E-state index contributed by atoms with van der Waals surface area (Å²) in [6, 6.07) is 7.79. The molecule has 2 aromatic rings. The van der Waals surface area contributed by atoms with E-state index in [4.69, 9.17) is 11.6 Å². The smallest absolute Gasteiger partial charge is 0.0946 e. The highest BCUT2D eigenvalue weighted by Crippen LogP contribution is 2.39. The van der Waals surface area contributed by atoms with Gasteiger partial charge in [-0.2, -0.15) is 0 Å². The third-order valence-corrected chi connectivity index (χ3v) is 4.59. The van der Waals surface area contributed by atoms with Gasteiger partial charge in [0.2, 0.25) is 0 Å². The highest BCUT2D eigenvalue weighted by atomic mass is 35.5. The molecule has 0 radical (unpaired) electrons. The zero-order valence-electron chi connectivity index (χ0n) is 11.4. The van der Waals surface area contributed by atoms with Crippen LogP contribution in [0.15, 0.2) is 43.0 Å². The van der Waals surface area contributed by atoms with E-state index in [0.717, 1.165) is 36.4 Å². The lowest BCUT2D eigenvalue weighted by molar-refractivity contribution is -0.00348. The predicted molar refractivity (Wildman–Crippen MR) is 79.7 cm³/mol. The highest BCUT2D eigenvalue weighted by molar-refractivity contribution is 6.30. The van der Waals surface area contributed by atoms with E-state index in [2.05, 4.69) is 9.55 Å². The first-order chi connectivity index (χ1) is 9.66. The molecule has 4 heteroatoms. The van der Waals surface area contributed by atoms with Crippen molar-refractivity contribution in [1.82, 2.24) is 9.55 Å². The number of imidazole rings is 1. The van der Waals surface area contributed by atoms with Crippen molar-refractivity contribution in [2.45, 2.75) is 37.8 Å². The molecular formula is C16H19ClN2O. The maximum absolute atomic E-state index is 11.0. The van der Waals surface area contributed by atoms with Gasteiger partial charge in [-0.1, -0.05) is 30.2 Å². The van der Waals surface area contributed by atoms with Gasteiger partial charge < -0.3 is 9.67 Å². The van der Waals surface area contributed by atoms with Crippen LogP contribution >= 0.6 is 11.6 Å². The largest absolute Gasteiger partial charge is 0.389 e. The van der Waals surface area contributed by atoms with Crippen molar-refractivity contribution in [2.24, 2.45) is 5.92 Å². The second-order valence-electron chi connectivity index (χ2n) is 5.76. The normalized spacial score (nSPS) is 26.0. The molecule has 0 bridgehead atoms. The molecule has 1 fully saturated rings. The van der Waals surface area contributed by atoms with Gasteiger partial charge in [0.15, 0.2) is 0 Å². The van der Waals surface area contributed by atoms with Gasteiger partial charge in [0, 0.05) is 36.3 Å². The van der Waals surface area contributed by atoms with Crippen LogP contribution < -0.4 is 0 Å². The van der Waals surface area contributed by atoms with E-state index in [1.54, 1.807) is 6.20 Å². The van der Waals surface area contributed by atoms with E-state index in [9.17, 15) is 5.11 Å².